The molecule has 3 aromatic heterocycles. The molecule has 5 heterocycles. The fourth-order valence-corrected chi connectivity index (χ4v) is 8.75. The third kappa shape index (κ3) is 12.7. The van der Waals surface area contributed by atoms with Crippen LogP contribution in [0.4, 0.5) is 17.3 Å². The van der Waals surface area contributed by atoms with Crippen LogP contribution in [0.1, 0.15) is 51.1 Å². The minimum atomic E-state index is -5.38. The number of nitrogens with one attached hydrogen (secondary N) is 1. The van der Waals surface area contributed by atoms with Gasteiger partial charge in [-0.3, -0.25) is 42.4 Å². The highest BCUT2D eigenvalue weighted by atomic mass is 31.2. The van der Waals surface area contributed by atoms with Crippen molar-refractivity contribution in [2.45, 2.75) is 88.7 Å². The first-order valence-corrected chi connectivity index (χ1v) is 24.2. The molecular weight excluding hydrogens is 1010 g/mol. The molecule has 9 atom stereocenters. The minimum absolute atomic E-state index is 0.00501. The van der Waals surface area contributed by atoms with Gasteiger partial charge in [0.25, 0.3) is 5.69 Å². The van der Waals surface area contributed by atoms with Gasteiger partial charge in [-0.2, -0.15) is 4.98 Å². The largest absolute Gasteiger partial charge is 0.493 e. The lowest BCUT2D eigenvalue weighted by Crippen LogP contribution is -2.56. The molecule has 1 amide bonds. The number of rotatable bonds is 23. The van der Waals surface area contributed by atoms with Gasteiger partial charge in [0.05, 0.1) is 55.7 Å². The van der Waals surface area contributed by atoms with Crippen LogP contribution in [0.15, 0.2) is 54.5 Å². The number of amides is 1. The molecule has 1 unspecified atom stereocenters. The number of methoxy groups -OCH3 is 2. The van der Waals surface area contributed by atoms with Crippen LogP contribution in [-0.2, 0) is 62.6 Å². The quantitative estimate of drug-likeness (QED) is 0.0174. The molecule has 9 N–H and O–H groups in total. The Kier molecular flexibility index (Phi) is 17.1. The number of fused-ring (bicyclic) bond motifs is 1. The van der Waals surface area contributed by atoms with Gasteiger partial charge in [-0.15, -0.1) is 6.58 Å². The molecule has 2 aliphatic heterocycles. The number of ether oxygens (including phenoxy) is 6. The Labute approximate surface area is 406 Å². The van der Waals surface area contributed by atoms with Crippen LogP contribution in [0, 0.1) is 15.5 Å². The molecule has 6 rings (SSSR count). The van der Waals surface area contributed by atoms with E-state index < -0.39 is 130 Å². The first-order valence-electron chi connectivity index (χ1n) is 21.2. The molecular formula is C39H50N10O21P2. The van der Waals surface area contributed by atoms with E-state index in [1.807, 2.05) is 0 Å². The van der Waals surface area contributed by atoms with E-state index in [-0.39, 0.29) is 52.7 Å². The highest BCUT2D eigenvalue weighted by Crippen LogP contribution is 2.50. The number of aliphatic hydroxyl groups is 1. The van der Waals surface area contributed by atoms with Gasteiger partial charge in [0.2, 0.25) is 5.91 Å². The first-order chi connectivity index (χ1) is 33.9. The van der Waals surface area contributed by atoms with Crippen LogP contribution in [0.3, 0.4) is 0 Å². The zero-order valence-electron chi connectivity index (χ0n) is 38.5. The van der Waals surface area contributed by atoms with Gasteiger partial charge in [0.15, 0.2) is 35.3 Å². The van der Waals surface area contributed by atoms with Crippen LogP contribution in [0.5, 0.6) is 11.5 Å². The molecule has 0 spiro atoms. The van der Waals surface area contributed by atoms with Gasteiger partial charge in [-0.25, -0.2) is 33.7 Å². The predicted molar refractivity (Wildman–Crippen MR) is 241 cm³/mol. The molecule has 1 aromatic carbocycles. The Hall–Kier alpha value is -6.50. The van der Waals surface area contributed by atoms with Gasteiger partial charge in [-0.05, 0) is 32.4 Å². The van der Waals surface area contributed by atoms with Gasteiger partial charge >= 0.3 is 33.3 Å². The van der Waals surface area contributed by atoms with Crippen molar-refractivity contribution in [2.75, 3.05) is 38.9 Å². The molecule has 4 aromatic rings. The molecule has 0 saturated carbocycles. The Morgan fingerprint density at radius 3 is 2.40 bits per heavy atom. The lowest BCUT2D eigenvalue weighted by atomic mass is 9.84. The number of nitrogen functional groups attached to an aromatic ring is 2. The van der Waals surface area contributed by atoms with Crippen molar-refractivity contribution in [2.24, 2.45) is 5.41 Å². The summed E-state index contributed by atoms with van der Waals surface area (Å²) in [4.78, 5) is 111. The van der Waals surface area contributed by atoms with Crippen molar-refractivity contribution in [3.63, 3.8) is 0 Å². The van der Waals surface area contributed by atoms with E-state index in [0.29, 0.717) is 0 Å². The monoisotopic (exact) mass is 1060 g/mol. The average Bonchev–Trinajstić information content (AvgIpc) is 4.02. The number of carbonyl (C=O) groups is 3. The second kappa shape index (κ2) is 22.5. The normalized spacial score (nSPS) is 22.4. The molecule has 72 heavy (non-hydrogen) atoms. The van der Waals surface area contributed by atoms with Crippen LogP contribution >= 0.6 is 15.6 Å². The number of esters is 2. The summed E-state index contributed by atoms with van der Waals surface area (Å²) < 4.78 is 76.1. The number of anilines is 2. The number of hydrogen-bond donors (Lipinski definition) is 7. The Bertz CT molecular complexity index is 2840. The summed E-state index contributed by atoms with van der Waals surface area (Å²) >= 11 is 0. The lowest BCUT2D eigenvalue weighted by Gasteiger charge is -2.33. The standard InChI is InChI=1S/C39H50N10O21P2/c1-6-7-8-27(50)46-32(39(2,3)37(53)64-14-19-11-21(62-4)22(63-5)12-20(19)49(55)56)36(52)69-31-25(68-35(30(31)51)48-18-44-29-33(41)42-17-43-34(29)48)16-66-72(60,61)70-23-13-28(47-10-9-26(40)45-38(47)54)67-24(23)15-65-71(57,58)59/h6,9-12,17-18,23-25,28,30-32,35,51H,1,7-8,13-16H2,2-5H3,(H,46,50)(H,60,61)(H2,40,45,54)(H2,41,42,43)(H2,57,58,59)/t23-,24+,25+,28+,30+,31+,32+,35+/m0/s1. The van der Waals surface area contributed by atoms with Crippen LogP contribution in [0.25, 0.3) is 11.2 Å². The van der Waals surface area contributed by atoms with Crippen LogP contribution in [0.2, 0.25) is 0 Å². The maximum Gasteiger partial charge on any atom is 0.472 e. The number of benzene rings is 1. The van der Waals surface area contributed by atoms with E-state index in [2.05, 4.69) is 36.4 Å². The molecule has 33 heteroatoms. The number of nitrogens with zero attached hydrogens (tertiary/aromatic N) is 7. The maximum absolute atomic E-state index is 14.5. The summed E-state index contributed by atoms with van der Waals surface area (Å²) in [5.74, 6) is -3.50. The first kappa shape index (κ1) is 54.8. The van der Waals surface area contributed by atoms with Crippen LogP contribution < -0.4 is 31.9 Å². The van der Waals surface area contributed by atoms with Gasteiger partial charge in [0, 0.05) is 19.0 Å². The number of nitro groups is 1. The van der Waals surface area contributed by atoms with Crippen molar-refractivity contribution in [3.8, 4) is 11.5 Å². The van der Waals surface area contributed by atoms with Gasteiger partial charge in [0.1, 0.15) is 61.0 Å². The third-order valence-corrected chi connectivity index (χ3v) is 12.6. The number of hydrogen-bond acceptors (Lipinski definition) is 24. The number of aromatic nitrogens is 6. The number of allylic oxidation sites excluding steroid dienone is 1. The highest BCUT2D eigenvalue weighted by molar-refractivity contribution is 7.47. The fourth-order valence-electron chi connectivity index (χ4n) is 7.45. The van der Waals surface area contributed by atoms with Crippen molar-refractivity contribution < 1.29 is 90.2 Å². The molecule has 0 radical (unpaired) electrons. The number of aliphatic hydroxyl groups excluding tert-OH is 1. The molecule has 392 valence electrons. The summed E-state index contributed by atoms with van der Waals surface area (Å²) in [6.07, 6.45) is -7.25. The third-order valence-electron chi connectivity index (χ3n) is 11.1. The SMILES string of the molecule is C=CCCC(=O)N[C@H](C(=O)O[C@H]1[C@@H](O)[C@H](n2cnc3c(N)ncnc32)O[C@@H]1COP(=O)(O)O[C@H]1C[C@H](n2ccc(N)nc2=O)O[C@@H]1COP(=O)(O)O)C(C)(C)C(=O)OCc1cc(OC)c(OC)cc1[N+](=O)[O-]. The van der Waals surface area contributed by atoms with Gasteiger partial charge in [-0.1, -0.05) is 6.08 Å². The number of imidazole rings is 1. The summed E-state index contributed by atoms with van der Waals surface area (Å²) in [5, 5.41) is 26.3. The van der Waals surface area contributed by atoms with Gasteiger partial charge < -0.3 is 65.0 Å². The highest BCUT2D eigenvalue weighted by Gasteiger charge is 2.52. The van der Waals surface area contributed by atoms with Crippen molar-refractivity contribution >= 4 is 62.0 Å². The van der Waals surface area contributed by atoms with E-state index >= 15 is 0 Å². The number of nitro benzene ring substituents is 1. The number of phosphoric ester groups is 2. The summed E-state index contributed by atoms with van der Waals surface area (Å²) in [7, 11) is -7.99. The second-order valence-corrected chi connectivity index (χ2v) is 19.0. The Morgan fingerprint density at radius 1 is 1.06 bits per heavy atom. The minimum Gasteiger partial charge on any atom is -0.493 e. The number of phosphoric acid groups is 2. The number of carbonyl (C=O) groups excluding carboxylic acids is 3. The topological polar surface area (TPSA) is 435 Å². The molecule has 0 bridgehead atoms. The Balaban J connectivity index is 1.28. The van der Waals surface area contributed by atoms with E-state index in [1.165, 1.54) is 57.0 Å². The Morgan fingerprint density at radius 2 is 1.75 bits per heavy atom. The fraction of sp³-hybridized carbons (Fsp3) is 0.487. The van der Waals surface area contributed by atoms with E-state index in [4.69, 9.17) is 48.9 Å². The lowest BCUT2D eigenvalue weighted by molar-refractivity contribution is -0.386. The zero-order chi connectivity index (χ0) is 52.9. The van der Waals surface area contributed by atoms with E-state index in [1.54, 1.807) is 0 Å². The second-order valence-electron chi connectivity index (χ2n) is 16.4. The zero-order valence-corrected chi connectivity index (χ0v) is 40.3. The van der Waals surface area contributed by atoms with Crippen molar-refractivity contribution in [3.05, 3.63) is 75.9 Å². The summed E-state index contributed by atoms with van der Waals surface area (Å²) in [5.41, 5.74) is 7.99. The average molecular weight is 1060 g/mol. The van der Waals surface area contributed by atoms with Crippen LogP contribution in [-0.4, -0.2) is 136 Å². The van der Waals surface area contributed by atoms with E-state index in [9.17, 15) is 58.2 Å². The smallest absolute Gasteiger partial charge is 0.472 e. The van der Waals surface area contributed by atoms with Crippen molar-refractivity contribution in [1.82, 2.24) is 34.4 Å². The summed E-state index contributed by atoms with van der Waals surface area (Å²) in [6.45, 7) is 3.26. The molecule has 2 fully saturated rings. The molecule has 2 aliphatic rings. The predicted octanol–water partition coefficient (Wildman–Crippen LogP) is 0.463. The molecule has 2 saturated heterocycles. The molecule has 31 nitrogen and oxygen atoms in total. The molecule has 0 aliphatic carbocycles. The van der Waals surface area contributed by atoms with E-state index in [0.717, 1.165) is 23.3 Å². The summed E-state index contributed by atoms with van der Waals surface area (Å²) in [6, 6.07) is 1.55. The van der Waals surface area contributed by atoms with Crippen molar-refractivity contribution in [1.29, 1.82) is 0 Å². The number of nitrogens with two attached hydrogens (primary N) is 2. The maximum atomic E-state index is 14.5.